The fourth-order valence-corrected chi connectivity index (χ4v) is 2.36. The summed E-state index contributed by atoms with van der Waals surface area (Å²) < 4.78 is 16.8. The van der Waals surface area contributed by atoms with Crippen molar-refractivity contribution in [2.45, 2.75) is 0 Å². The summed E-state index contributed by atoms with van der Waals surface area (Å²) in [6.07, 6.45) is 0. The number of rotatable bonds is 4. The Labute approximate surface area is 127 Å². The molecule has 0 saturated carbocycles. The van der Waals surface area contributed by atoms with Crippen molar-refractivity contribution in [3.8, 4) is 0 Å². The van der Waals surface area contributed by atoms with Crippen molar-refractivity contribution in [1.82, 2.24) is 0 Å². The lowest BCUT2D eigenvalue weighted by Gasteiger charge is -2.19. The number of ether oxygens (including phenoxy) is 3. The molecule has 126 valence electrons. The van der Waals surface area contributed by atoms with E-state index in [2.05, 4.69) is 0 Å². The Kier molecular flexibility index (Phi) is 12.0. The van der Waals surface area contributed by atoms with Crippen molar-refractivity contribution in [3.05, 3.63) is 0 Å². The molecule has 1 fully saturated rings. The molecule has 2 atom stereocenters. The molecule has 1 rings (SSSR count). The van der Waals surface area contributed by atoms with E-state index >= 15 is 0 Å². The monoisotopic (exact) mass is 308 g/mol. The lowest BCUT2D eigenvalue weighted by molar-refractivity contribution is -0.904. The molecule has 1 aliphatic rings. The van der Waals surface area contributed by atoms with Gasteiger partial charge >= 0.3 is 0 Å². The zero-order valence-corrected chi connectivity index (χ0v) is 13.0. The first-order valence-electron chi connectivity index (χ1n) is 7.99. The molecule has 1 aliphatic heterocycles. The Bertz CT molecular complexity index is 211. The Balaban J connectivity index is 2.33. The average molecular weight is 308 g/mol. The zero-order valence-electron chi connectivity index (χ0n) is 13.0. The highest BCUT2D eigenvalue weighted by Crippen LogP contribution is 1.78. The number of aliphatic hydroxyl groups is 2. The van der Waals surface area contributed by atoms with Crippen LogP contribution in [0.1, 0.15) is 0 Å². The smallest absolute Gasteiger partial charge is 0.101 e. The van der Waals surface area contributed by atoms with E-state index in [9.17, 15) is 0 Å². The summed E-state index contributed by atoms with van der Waals surface area (Å²) in [6.45, 7) is 9.33. The van der Waals surface area contributed by atoms with Crippen LogP contribution in [0.25, 0.3) is 0 Å². The zero-order chi connectivity index (χ0) is 15.2. The third kappa shape index (κ3) is 10.1. The Morgan fingerprint density at radius 1 is 0.571 bits per heavy atom. The Morgan fingerprint density at radius 2 is 0.905 bits per heavy atom. The van der Waals surface area contributed by atoms with E-state index in [4.69, 9.17) is 24.4 Å². The normalized spacial score (nSPS) is 27.7. The first-order valence-corrected chi connectivity index (χ1v) is 7.99. The molecule has 0 bridgehead atoms. The van der Waals surface area contributed by atoms with Crippen LogP contribution in [0.4, 0.5) is 0 Å². The van der Waals surface area contributed by atoms with Crippen LogP contribution in [0, 0.1) is 0 Å². The van der Waals surface area contributed by atoms with E-state index in [0.29, 0.717) is 39.6 Å². The summed E-state index contributed by atoms with van der Waals surface area (Å²) in [5, 5.41) is 18.1. The van der Waals surface area contributed by atoms with Crippen molar-refractivity contribution in [2.75, 3.05) is 92.1 Å². The van der Waals surface area contributed by atoms with Gasteiger partial charge in [-0.2, -0.15) is 0 Å². The number of nitrogens with one attached hydrogen (secondary N) is 2. The van der Waals surface area contributed by atoms with Crippen molar-refractivity contribution in [2.24, 2.45) is 0 Å². The van der Waals surface area contributed by atoms with Crippen LogP contribution < -0.4 is 9.80 Å². The second-order valence-electron chi connectivity index (χ2n) is 5.28. The summed E-state index contributed by atoms with van der Waals surface area (Å²) in [7, 11) is 0. The van der Waals surface area contributed by atoms with Gasteiger partial charge in [0.25, 0.3) is 0 Å². The van der Waals surface area contributed by atoms with Gasteiger partial charge in [0.15, 0.2) is 0 Å². The fourth-order valence-electron chi connectivity index (χ4n) is 2.36. The minimum atomic E-state index is 0.187. The topological polar surface area (TPSA) is 77.0 Å². The summed E-state index contributed by atoms with van der Waals surface area (Å²) in [5.74, 6) is 0. The van der Waals surface area contributed by atoms with Gasteiger partial charge < -0.3 is 34.2 Å². The summed E-state index contributed by atoms with van der Waals surface area (Å²) in [4.78, 5) is 2.60. The van der Waals surface area contributed by atoms with Gasteiger partial charge in [0, 0.05) is 0 Å². The molecule has 4 N–H and O–H groups in total. The molecule has 2 unspecified atom stereocenters. The van der Waals surface area contributed by atoms with Gasteiger partial charge in [0.05, 0.1) is 52.9 Å². The van der Waals surface area contributed by atoms with Crippen molar-refractivity contribution >= 4 is 0 Å². The highest BCUT2D eigenvalue weighted by molar-refractivity contribution is 4.38. The van der Waals surface area contributed by atoms with Crippen molar-refractivity contribution in [3.63, 3.8) is 0 Å². The maximum absolute atomic E-state index is 9.07. The first kappa shape index (κ1) is 18.8. The van der Waals surface area contributed by atoms with E-state index in [1.807, 2.05) is 0 Å². The van der Waals surface area contributed by atoms with Crippen LogP contribution in [0.3, 0.4) is 0 Å². The molecule has 0 spiro atoms. The van der Waals surface area contributed by atoms with Gasteiger partial charge in [0.1, 0.15) is 39.3 Å². The van der Waals surface area contributed by atoms with Gasteiger partial charge in [-0.1, -0.05) is 0 Å². The Morgan fingerprint density at radius 3 is 1.24 bits per heavy atom. The molecule has 0 aromatic carbocycles. The fraction of sp³-hybridized carbons (Fsp3) is 1.00. The minimum absolute atomic E-state index is 0.187. The molecular weight excluding hydrogens is 276 g/mol. The predicted octanol–water partition coefficient (Wildman–Crippen LogP) is -4.20. The summed E-state index contributed by atoms with van der Waals surface area (Å²) in [5.41, 5.74) is 0. The van der Waals surface area contributed by atoms with Crippen LogP contribution >= 0.6 is 0 Å². The lowest BCUT2D eigenvalue weighted by atomic mass is 10.4. The number of hydrogen-bond acceptors (Lipinski definition) is 5. The van der Waals surface area contributed by atoms with E-state index in [1.165, 1.54) is 9.80 Å². The largest absolute Gasteiger partial charge is 0.391 e. The first-order chi connectivity index (χ1) is 10.4. The van der Waals surface area contributed by atoms with Gasteiger partial charge in [-0.05, 0) is 0 Å². The molecule has 21 heavy (non-hydrogen) atoms. The molecule has 1 heterocycles. The Hall–Kier alpha value is -0.280. The van der Waals surface area contributed by atoms with Crippen LogP contribution in [0.2, 0.25) is 0 Å². The van der Waals surface area contributed by atoms with E-state index in [0.717, 1.165) is 39.3 Å². The van der Waals surface area contributed by atoms with Crippen molar-refractivity contribution < 1.29 is 34.2 Å². The van der Waals surface area contributed by atoms with Gasteiger partial charge in [0.2, 0.25) is 0 Å². The van der Waals surface area contributed by atoms with Crippen LogP contribution in [-0.2, 0) is 14.2 Å². The number of aliphatic hydroxyl groups excluding tert-OH is 2. The highest BCUT2D eigenvalue weighted by Gasteiger charge is 2.11. The number of hydrogen-bond donors (Lipinski definition) is 4. The molecule has 0 aliphatic carbocycles. The molecule has 7 heteroatoms. The third-order valence-electron chi connectivity index (χ3n) is 3.70. The second-order valence-corrected chi connectivity index (χ2v) is 5.28. The van der Waals surface area contributed by atoms with Crippen LogP contribution in [0.5, 0.6) is 0 Å². The third-order valence-corrected chi connectivity index (χ3v) is 3.70. The van der Waals surface area contributed by atoms with E-state index in [1.54, 1.807) is 0 Å². The standard InChI is InChI=1S/C14H30N2O5/c17-7-1-15-3-9-19-10-4-16(2-8-18)6-12-21-14-13-20-11-5-15/h17-18H,1-14H2/p+2. The van der Waals surface area contributed by atoms with Gasteiger partial charge in [-0.25, -0.2) is 0 Å². The van der Waals surface area contributed by atoms with Crippen molar-refractivity contribution in [1.29, 1.82) is 0 Å². The predicted molar refractivity (Wildman–Crippen MR) is 77.8 cm³/mol. The lowest BCUT2D eigenvalue weighted by Crippen LogP contribution is -3.14. The molecule has 7 nitrogen and oxygen atoms in total. The molecule has 0 aromatic rings. The molecule has 1 saturated heterocycles. The maximum Gasteiger partial charge on any atom is 0.101 e. The SMILES string of the molecule is OCC[NH+]1CCOCCOCC[NH+](CCO)CCOCC1. The van der Waals surface area contributed by atoms with Crippen LogP contribution in [0.15, 0.2) is 0 Å². The molecule has 0 aromatic heterocycles. The van der Waals surface area contributed by atoms with Crippen LogP contribution in [-0.4, -0.2) is 102 Å². The molecule has 0 radical (unpaired) electrons. The summed E-state index contributed by atoms with van der Waals surface area (Å²) >= 11 is 0. The van der Waals surface area contributed by atoms with Gasteiger partial charge in [-0.3, -0.25) is 0 Å². The van der Waals surface area contributed by atoms with Gasteiger partial charge in [-0.15, -0.1) is 0 Å². The highest BCUT2D eigenvalue weighted by atomic mass is 16.5. The van der Waals surface area contributed by atoms with E-state index < -0.39 is 0 Å². The second kappa shape index (κ2) is 13.4. The average Bonchev–Trinajstić information content (AvgIpc) is 2.49. The maximum atomic E-state index is 9.07. The molecule has 0 amide bonds. The van der Waals surface area contributed by atoms with E-state index in [-0.39, 0.29) is 13.2 Å². The quantitative estimate of drug-likeness (QED) is 0.424. The number of quaternary nitrogens is 2. The molecular formula is C14H32N2O5+2. The summed E-state index contributed by atoms with van der Waals surface area (Å²) in [6, 6.07) is 0. The minimum Gasteiger partial charge on any atom is -0.391 e.